The summed E-state index contributed by atoms with van der Waals surface area (Å²) in [5.74, 6) is 0.982. The van der Waals surface area contributed by atoms with Gasteiger partial charge in [0, 0.05) is 23.4 Å². The summed E-state index contributed by atoms with van der Waals surface area (Å²) in [5.41, 5.74) is 1.66. The minimum absolute atomic E-state index is 0.109. The summed E-state index contributed by atoms with van der Waals surface area (Å²) < 4.78 is 15.7. The summed E-state index contributed by atoms with van der Waals surface area (Å²) >= 11 is 0. The standard InChI is InChI=1S/C25H24N2O6/c1-31-17-7-5-16(6-8-17)26-24(29)19-13-18-20(27-25(19)30)10-15(11-21(18)28)14-4-9-22(32-2)23(12-14)33-3/h4-9,12-13,15H,10-11H2,1-3H3,(H,26,29)(H,27,30)/t15-/m0/s1. The van der Waals surface area contributed by atoms with Crippen LogP contribution in [0.5, 0.6) is 17.2 Å². The fourth-order valence-corrected chi connectivity index (χ4v) is 4.01. The molecule has 1 aromatic heterocycles. The lowest BCUT2D eigenvalue weighted by Gasteiger charge is -2.24. The number of benzene rings is 2. The van der Waals surface area contributed by atoms with Gasteiger partial charge in [-0.3, -0.25) is 14.4 Å². The Kier molecular flexibility index (Phi) is 6.17. The number of anilines is 1. The Morgan fingerprint density at radius 2 is 1.64 bits per heavy atom. The Labute approximate surface area is 190 Å². The fourth-order valence-electron chi connectivity index (χ4n) is 4.01. The smallest absolute Gasteiger partial charge is 0.261 e. The average Bonchev–Trinajstić information content (AvgIpc) is 2.83. The fraction of sp³-hybridized carbons (Fsp3) is 0.240. The molecule has 1 aliphatic rings. The lowest BCUT2D eigenvalue weighted by molar-refractivity contribution is 0.0963. The zero-order valence-electron chi connectivity index (χ0n) is 18.6. The number of ether oxygens (including phenoxy) is 3. The van der Waals surface area contributed by atoms with E-state index in [2.05, 4.69) is 10.3 Å². The molecule has 1 atom stereocenters. The number of carbonyl (C=O) groups excluding carboxylic acids is 2. The molecule has 2 aromatic carbocycles. The molecule has 0 spiro atoms. The molecule has 0 bridgehead atoms. The van der Waals surface area contributed by atoms with Crippen LogP contribution in [0.1, 0.15) is 44.3 Å². The minimum atomic E-state index is -0.584. The third-order valence-corrected chi connectivity index (χ3v) is 5.78. The van der Waals surface area contributed by atoms with E-state index in [-0.39, 0.29) is 23.7 Å². The van der Waals surface area contributed by atoms with Crippen LogP contribution in [-0.4, -0.2) is 38.0 Å². The van der Waals surface area contributed by atoms with Gasteiger partial charge in [-0.15, -0.1) is 0 Å². The number of ketones is 1. The van der Waals surface area contributed by atoms with Crippen molar-refractivity contribution in [3.05, 3.63) is 81.3 Å². The number of nitrogens with one attached hydrogen (secondary N) is 2. The van der Waals surface area contributed by atoms with Crippen molar-refractivity contribution in [3.8, 4) is 17.2 Å². The molecule has 0 aliphatic heterocycles. The van der Waals surface area contributed by atoms with Gasteiger partial charge in [0.05, 0.1) is 21.3 Å². The highest BCUT2D eigenvalue weighted by atomic mass is 16.5. The summed E-state index contributed by atoms with van der Waals surface area (Å²) in [6, 6.07) is 13.7. The van der Waals surface area contributed by atoms with Crippen LogP contribution in [0.2, 0.25) is 0 Å². The highest BCUT2D eigenvalue weighted by Gasteiger charge is 2.29. The molecule has 8 heteroatoms. The number of fused-ring (bicyclic) bond motifs is 1. The number of Topliss-reactive ketones (excluding diaryl/α,β-unsaturated/α-hetero) is 1. The number of aromatic nitrogens is 1. The number of aromatic amines is 1. The molecular formula is C25H24N2O6. The molecule has 0 saturated carbocycles. The van der Waals surface area contributed by atoms with E-state index in [1.165, 1.54) is 6.07 Å². The van der Waals surface area contributed by atoms with Crippen molar-refractivity contribution in [2.45, 2.75) is 18.8 Å². The maximum absolute atomic E-state index is 12.9. The number of hydrogen-bond acceptors (Lipinski definition) is 6. The molecule has 4 rings (SSSR count). The van der Waals surface area contributed by atoms with Crippen LogP contribution in [0, 0.1) is 0 Å². The van der Waals surface area contributed by atoms with Crippen LogP contribution in [0.4, 0.5) is 5.69 Å². The Morgan fingerprint density at radius 3 is 2.30 bits per heavy atom. The summed E-state index contributed by atoms with van der Waals surface area (Å²) in [4.78, 5) is 41.1. The lowest BCUT2D eigenvalue weighted by Crippen LogP contribution is -2.29. The molecule has 1 amide bonds. The number of hydrogen-bond donors (Lipinski definition) is 2. The highest BCUT2D eigenvalue weighted by molar-refractivity contribution is 6.06. The first kappa shape index (κ1) is 22.1. The lowest BCUT2D eigenvalue weighted by atomic mass is 9.81. The second-order valence-corrected chi connectivity index (χ2v) is 7.73. The van der Waals surface area contributed by atoms with Gasteiger partial charge in [-0.2, -0.15) is 0 Å². The van der Waals surface area contributed by atoms with Crippen molar-refractivity contribution in [1.82, 2.24) is 4.98 Å². The summed E-state index contributed by atoms with van der Waals surface area (Å²) in [5, 5.41) is 2.68. The van der Waals surface area contributed by atoms with Crippen molar-refractivity contribution < 1.29 is 23.8 Å². The van der Waals surface area contributed by atoms with Gasteiger partial charge in [0.15, 0.2) is 17.3 Å². The van der Waals surface area contributed by atoms with Gasteiger partial charge in [0.25, 0.3) is 11.5 Å². The minimum Gasteiger partial charge on any atom is -0.497 e. The van der Waals surface area contributed by atoms with Gasteiger partial charge in [0.2, 0.25) is 0 Å². The number of pyridine rings is 1. The molecule has 1 aliphatic carbocycles. The van der Waals surface area contributed by atoms with Gasteiger partial charge in [-0.1, -0.05) is 6.07 Å². The van der Waals surface area contributed by atoms with Gasteiger partial charge < -0.3 is 24.5 Å². The molecule has 0 fully saturated rings. The van der Waals surface area contributed by atoms with Crippen molar-refractivity contribution in [1.29, 1.82) is 0 Å². The van der Waals surface area contributed by atoms with E-state index in [0.717, 1.165) is 5.56 Å². The summed E-state index contributed by atoms with van der Waals surface area (Å²) in [6.07, 6.45) is 0.722. The van der Waals surface area contributed by atoms with Crippen molar-refractivity contribution >= 4 is 17.4 Å². The predicted molar refractivity (Wildman–Crippen MR) is 123 cm³/mol. The van der Waals surface area contributed by atoms with E-state index in [9.17, 15) is 14.4 Å². The van der Waals surface area contributed by atoms with Crippen molar-refractivity contribution in [2.24, 2.45) is 0 Å². The van der Waals surface area contributed by atoms with Crippen molar-refractivity contribution in [3.63, 3.8) is 0 Å². The van der Waals surface area contributed by atoms with Crippen LogP contribution < -0.4 is 25.1 Å². The summed E-state index contributed by atoms with van der Waals surface area (Å²) in [7, 11) is 4.66. The Balaban J connectivity index is 1.59. The van der Waals surface area contributed by atoms with E-state index in [4.69, 9.17) is 14.2 Å². The predicted octanol–water partition coefficient (Wildman–Crippen LogP) is 3.57. The average molecular weight is 448 g/mol. The maximum atomic E-state index is 12.9. The van der Waals surface area contributed by atoms with E-state index in [1.807, 2.05) is 12.1 Å². The largest absolute Gasteiger partial charge is 0.497 e. The monoisotopic (exact) mass is 448 g/mol. The molecule has 0 saturated heterocycles. The van der Waals surface area contributed by atoms with Crippen LogP contribution in [0.25, 0.3) is 0 Å². The van der Waals surface area contributed by atoms with Gasteiger partial charge in [0.1, 0.15) is 11.3 Å². The Morgan fingerprint density at radius 1 is 0.909 bits per heavy atom. The molecule has 0 radical (unpaired) electrons. The molecule has 33 heavy (non-hydrogen) atoms. The Bertz CT molecular complexity index is 1260. The SMILES string of the molecule is COc1ccc(NC(=O)c2cc3c([nH]c2=O)C[C@H](c2ccc(OC)c(OC)c2)CC3=O)cc1. The molecule has 0 unspecified atom stereocenters. The quantitative estimate of drug-likeness (QED) is 0.597. The van der Waals surface area contributed by atoms with Crippen LogP contribution in [0.3, 0.4) is 0 Å². The molecule has 2 N–H and O–H groups in total. The molecule has 170 valence electrons. The number of methoxy groups -OCH3 is 3. The topological polar surface area (TPSA) is 107 Å². The number of amides is 1. The molecular weight excluding hydrogens is 424 g/mol. The molecule has 3 aromatic rings. The number of H-pyrrole nitrogens is 1. The molecule has 8 nitrogen and oxygen atoms in total. The number of rotatable bonds is 6. The van der Waals surface area contributed by atoms with Crippen molar-refractivity contribution in [2.75, 3.05) is 26.6 Å². The van der Waals surface area contributed by atoms with Crippen LogP contribution in [-0.2, 0) is 6.42 Å². The zero-order chi connectivity index (χ0) is 23.5. The second-order valence-electron chi connectivity index (χ2n) is 7.73. The second kappa shape index (κ2) is 9.20. The van der Waals surface area contributed by atoms with Gasteiger partial charge >= 0.3 is 0 Å². The first-order valence-electron chi connectivity index (χ1n) is 10.4. The zero-order valence-corrected chi connectivity index (χ0v) is 18.6. The van der Waals surface area contributed by atoms with Crippen LogP contribution >= 0.6 is 0 Å². The Hall–Kier alpha value is -4.07. The summed E-state index contributed by atoms with van der Waals surface area (Å²) in [6.45, 7) is 0. The van der Waals surface area contributed by atoms with E-state index in [1.54, 1.807) is 51.7 Å². The van der Waals surface area contributed by atoms with Crippen LogP contribution in [0.15, 0.2) is 53.3 Å². The first-order chi connectivity index (χ1) is 15.9. The molecule has 1 heterocycles. The van der Waals surface area contributed by atoms with Gasteiger partial charge in [-0.25, -0.2) is 0 Å². The first-order valence-corrected chi connectivity index (χ1v) is 10.4. The maximum Gasteiger partial charge on any atom is 0.261 e. The third kappa shape index (κ3) is 4.45. The highest BCUT2D eigenvalue weighted by Crippen LogP contribution is 2.36. The van der Waals surface area contributed by atoms with E-state index in [0.29, 0.717) is 40.6 Å². The number of carbonyl (C=O) groups is 2. The third-order valence-electron chi connectivity index (χ3n) is 5.78. The van der Waals surface area contributed by atoms with Gasteiger partial charge in [-0.05, 0) is 60.4 Å². The van der Waals surface area contributed by atoms with E-state index >= 15 is 0 Å². The van der Waals surface area contributed by atoms with E-state index < -0.39 is 11.5 Å². The normalized spacial score (nSPS) is 14.9.